The number of imidazole rings is 1. The maximum atomic E-state index is 12.8. The summed E-state index contributed by atoms with van der Waals surface area (Å²) in [5.74, 6) is 1.04. The minimum Gasteiger partial charge on any atom is -0.370 e. The third-order valence-corrected chi connectivity index (χ3v) is 6.46. The molecule has 6 nitrogen and oxygen atoms in total. The molecule has 1 amide bonds. The van der Waals surface area contributed by atoms with Crippen molar-refractivity contribution in [2.45, 2.75) is 25.3 Å². The van der Waals surface area contributed by atoms with E-state index in [1.165, 1.54) is 0 Å². The van der Waals surface area contributed by atoms with Gasteiger partial charge in [-0.1, -0.05) is 23.7 Å². The molecule has 2 aliphatic rings. The first-order chi connectivity index (χ1) is 14.7. The van der Waals surface area contributed by atoms with E-state index < -0.39 is 0 Å². The highest BCUT2D eigenvalue weighted by molar-refractivity contribution is 6.33. The Bertz CT molecular complexity index is 1030. The molecule has 2 fully saturated rings. The summed E-state index contributed by atoms with van der Waals surface area (Å²) in [4.78, 5) is 25.2. The fraction of sp³-hybridized carbons (Fsp3) is 0.391. The molecular weight excluding hydrogens is 398 g/mol. The number of para-hydroxylation sites is 2. The van der Waals surface area contributed by atoms with Crippen LogP contribution in [0.4, 0.5) is 5.69 Å². The maximum Gasteiger partial charge on any atom is 0.239 e. The Morgan fingerprint density at radius 3 is 2.80 bits per heavy atom. The highest BCUT2D eigenvalue weighted by Gasteiger charge is 2.28. The molecular formula is C23H26ClN5O. The number of carbonyl (C=O) groups excluding carboxylic acids is 1. The third kappa shape index (κ3) is 3.77. The molecule has 0 unspecified atom stereocenters. The fourth-order valence-corrected chi connectivity index (χ4v) is 4.69. The summed E-state index contributed by atoms with van der Waals surface area (Å²) in [5, 5.41) is 4.01. The molecule has 3 heterocycles. The van der Waals surface area contributed by atoms with E-state index in [1.807, 2.05) is 35.2 Å². The van der Waals surface area contributed by atoms with Gasteiger partial charge >= 0.3 is 0 Å². The van der Waals surface area contributed by atoms with Gasteiger partial charge in [-0.3, -0.25) is 4.79 Å². The van der Waals surface area contributed by atoms with Crippen LogP contribution < -0.4 is 10.2 Å². The van der Waals surface area contributed by atoms with Gasteiger partial charge in [-0.05, 0) is 56.1 Å². The Morgan fingerprint density at radius 2 is 1.97 bits per heavy atom. The lowest BCUT2D eigenvalue weighted by Gasteiger charge is -2.25. The van der Waals surface area contributed by atoms with Gasteiger partial charge in [0.05, 0.1) is 22.1 Å². The Labute approximate surface area is 181 Å². The molecule has 2 N–H and O–H groups in total. The van der Waals surface area contributed by atoms with Crippen molar-refractivity contribution in [1.82, 2.24) is 20.2 Å². The largest absolute Gasteiger partial charge is 0.370 e. The third-order valence-electron chi connectivity index (χ3n) is 6.13. The van der Waals surface area contributed by atoms with E-state index in [0.717, 1.165) is 80.1 Å². The van der Waals surface area contributed by atoms with Crippen LogP contribution >= 0.6 is 11.6 Å². The standard InChI is InChI=1S/C23H26ClN5O/c24-18-9-8-16(15-17(18)22-26-19-5-1-2-6-20(19)27-22)28-11-4-12-29(14-13-28)23(30)21-7-3-10-25-21/h1-2,5-6,8-9,15,21,25H,3-4,7,10-14H2,(H,26,27)/t21-/m1/s1. The van der Waals surface area contributed by atoms with Crippen molar-refractivity contribution in [1.29, 1.82) is 0 Å². The average Bonchev–Trinajstić information content (AvgIpc) is 3.38. The highest BCUT2D eigenvalue weighted by Crippen LogP contribution is 2.32. The normalized spacial score (nSPS) is 20.0. The number of fused-ring (bicyclic) bond motifs is 1. The molecule has 30 heavy (non-hydrogen) atoms. The van der Waals surface area contributed by atoms with Crippen LogP contribution in [0.25, 0.3) is 22.4 Å². The van der Waals surface area contributed by atoms with Crippen LogP contribution in [0.5, 0.6) is 0 Å². The molecule has 1 atom stereocenters. The maximum absolute atomic E-state index is 12.8. The predicted molar refractivity (Wildman–Crippen MR) is 121 cm³/mol. The first-order valence-corrected chi connectivity index (χ1v) is 11.1. The van der Waals surface area contributed by atoms with Crippen LogP contribution in [0, 0.1) is 0 Å². The van der Waals surface area contributed by atoms with Gasteiger partial charge in [-0.25, -0.2) is 4.98 Å². The molecule has 1 aromatic heterocycles. The number of H-pyrrole nitrogens is 1. The van der Waals surface area contributed by atoms with Gasteiger partial charge in [-0.2, -0.15) is 0 Å². The number of carbonyl (C=O) groups is 1. The number of nitrogens with zero attached hydrogens (tertiary/aromatic N) is 3. The fourth-order valence-electron chi connectivity index (χ4n) is 4.48. The molecule has 0 spiro atoms. The van der Waals surface area contributed by atoms with Gasteiger partial charge < -0.3 is 20.1 Å². The van der Waals surface area contributed by atoms with E-state index >= 15 is 0 Å². The van der Waals surface area contributed by atoms with Crippen LogP contribution in [0.1, 0.15) is 19.3 Å². The first kappa shape index (κ1) is 19.4. The molecule has 2 aromatic carbocycles. The number of aromatic nitrogens is 2. The summed E-state index contributed by atoms with van der Waals surface area (Å²) < 4.78 is 0. The van der Waals surface area contributed by atoms with E-state index in [-0.39, 0.29) is 11.9 Å². The van der Waals surface area contributed by atoms with Crippen LogP contribution in [0.2, 0.25) is 5.02 Å². The van der Waals surface area contributed by atoms with Crippen molar-refractivity contribution in [3.8, 4) is 11.4 Å². The topological polar surface area (TPSA) is 64.3 Å². The summed E-state index contributed by atoms with van der Waals surface area (Å²) in [6.07, 6.45) is 3.00. The lowest BCUT2D eigenvalue weighted by molar-refractivity contribution is -0.132. The number of rotatable bonds is 3. The van der Waals surface area contributed by atoms with E-state index in [9.17, 15) is 4.79 Å². The SMILES string of the molecule is O=C([C@H]1CCCN1)N1CCCN(c2ccc(Cl)c(-c3nc4ccccc4[nH]3)c2)CC1. The first-order valence-electron chi connectivity index (χ1n) is 10.7. The van der Waals surface area contributed by atoms with Crippen molar-refractivity contribution < 1.29 is 4.79 Å². The van der Waals surface area contributed by atoms with Crippen molar-refractivity contribution in [3.63, 3.8) is 0 Å². The van der Waals surface area contributed by atoms with Crippen LogP contribution in [0.15, 0.2) is 42.5 Å². The van der Waals surface area contributed by atoms with Crippen molar-refractivity contribution in [2.75, 3.05) is 37.6 Å². The number of hydrogen-bond acceptors (Lipinski definition) is 4. The molecule has 0 saturated carbocycles. The second-order valence-corrected chi connectivity index (χ2v) is 8.49. The average molecular weight is 424 g/mol. The van der Waals surface area contributed by atoms with Gasteiger partial charge in [0.15, 0.2) is 0 Å². The lowest BCUT2D eigenvalue weighted by atomic mass is 10.1. The molecule has 0 radical (unpaired) electrons. The molecule has 2 aliphatic heterocycles. The van der Waals surface area contributed by atoms with Crippen LogP contribution in [-0.4, -0.2) is 59.5 Å². The molecule has 0 bridgehead atoms. The number of amides is 1. The number of hydrogen-bond donors (Lipinski definition) is 2. The second-order valence-electron chi connectivity index (χ2n) is 8.08. The molecule has 5 rings (SSSR count). The smallest absolute Gasteiger partial charge is 0.239 e. The Hall–Kier alpha value is -2.57. The Kier molecular flexibility index (Phi) is 5.35. The summed E-state index contributed by atoms with van der Waals surface area (Å²) in [5.41, 5.74) is 3.94. The minimum absolute atomic E-state index is 0.00627. The number of nitrogens with one attached hydrogen (secondary N) is 2. The van der Waals surface area contributed by atoms with Gasteiger partial charge in [0.2, 0.25) is 5.91 Å². The summed E-state index contributed by atoms with van der Waals surface area (Å²) in [6, 6.07) is 14.1. The summed E-state index contributed by atoms with van der Waals surface area (Å²) >= 11 is 6.53. The molecule has 0 aliphatic carbocycles. The van der Waals surface area contributed by atoms with E-state index in [4.69, 9.17) is 16.6 Å². The van der Waals surface area contributed by atoms with Gasteiger partial charge in [-0.15, -0.1) is 0 Å². The number of anilines is 1. The van der Waals surface area contributed by atoms with Gasteiger partial charge in [0.1, 0.15) is 5.82 Å². The minimum atomic E-state index is 0.00627. The zero-order chi connectivity index (χ0) is 20.5. The van der Waals surface area contributed by atoms with E-state index in [0.29, 0.717) is 5.02 Å². The van der Waals surface area contributed by atoms with Crippen LogP contribution in [0.3, 0.4) is 0 Å². The van der Waals surface area contributed by atoms with Gasteiger partial charge in [0, 0.05) is 37.4 Å². The number of halogens is 1. The molecule has 3 aromatic rings. The quantitative estimate of drug-likeness (QED) is 0.674. The summed E-state index contributed by atoms with van der Waals surface area (Å²) in [6.45, 7) is 4.26. The molecule has 7 heteroatoms. The summed E-state index contributed by atoms with van der Waals surface area (Å²) in [7, 11) is 0. The monoisotopic (exact) mass is 423 g/mol. The zero-order valence-electron chi connectivity index (χ0n) is 16.9. The lowest BCUT2D eigenvalue weighted by Crippen LogP contribution is -2.45. The molecule has 2 saturated heterocycles. The predicted octanol–water partition coefficient (Wildman–Crippen LogP) is 3.67. The number of benzene rings is 2. The van der Waals surface area contributed by atoms with Crippen LogP contribution in [-0.2, 0) is 4.79 Å². The zero-order valence-corrected chi connectivity index (χ0v) is 17.7. The van der Waals surface area contributed by atoms with Crippen molar-refractivity contribution >= 4 is 34.2 Å². The Morgan fingerprint density at radius 1 is 1.07 bits per heavy atom. The second kappa shape index (κ2) is 8.28. The van der Waals surface area contributed by atoms with Gasteiger partial charge in [0.25, 0.3) is 0 Å². The van der Waals surface area contributed by atoms with Crippen molar-refractivity contribution in [3.05, 3.63) is 47.5 Å². The van der Waals surface area contributed by atoms with E-state index in [2.05, 4.69) is 27.3 Å². The van der Waals surface area contributed by atoms with E-state index in [1.54, 1.807) is 0 Å². The number of aromatic amines is 1. The van der Waals surface area contributed by atoms with Crippen molar-refractivity contribution in [2.24, 2.45) is 0 Å². The molecule has 156 valence electrons. The Balaban J connectivity index is 1.35. The highest BCUT2D eigenvalue weighted by atomic mass is 35.5.